The van der Waals surface area contributed by atoms with Crippen LogP contribution >= 0.6 is 0 Å². The van der Waals surface area contributed by atoms with Crippen LogP contribution < -0.4 is 0 Å². The molecule has 1 aromatic carbocycles. The number of benzene rings is 1. The van der Waals surface area contributed by atoms with Gasteiger partial charge in [-0.05, 0) is 58.8 Å². The highest BCUT2D eigenvalue weighted by molar-refractivity contribution is 5.37. The maximum atomic E-state index is 9.70. The Morgan fingerprint density at radius 1 is 0.842 bits per heavy atom. The summed E-state index contributed by atoms with van der Waals surface area (Å²) >= 11 is 0. The van der Waals surface area contributed by atoms with Gasteiger partial charge in [-0.2, -0.15) is 0 Å². The molecule has 0 bridgehead atoms. The third-order valence-electron chi connectivity index (χ3n) is 4.78. The molecule has 0 spiro atoms. The second-order valence-corrected chi connectivity index (χ2v) is 8.31. The van der Waals surface area contributed by atoms with Gasteiger partial charge < -0.3 is 5.11 Å². The highest BCUT2D eigenvalue weighted by Gasteiger charge is 2.41. The van der Waals surface area contributed by atoms with Crippen LogP contribution in [-0.2, 0) is 12.8 Å². The predicted octanol–water partition coefficient (Wildman–Crippen LogP) is 4.82. The lowest BCUT2D eigenvalue weighted by Crippen LogP contribution is -2.41. The quantitative estimate of drug-likeness (QED) is 0.709. The second kappa shape index (κ2) is 4.54. The van der Waals surface area contributed by atoms with E-state index in [-0.39, 0.29) is 0 Å². The van der Waals surface area contributed by atoms with Crippen molar-refractivity contribution in [1.82, 2.24) is 0 Å². The molecule has 2 atom stereocenters. The third kappa shape index (κ3) is 2.96. The molecule has 0 fully saturated rings. The van der Waals surface area contributed by atoms with Gasteiger partial charge in [-0.25, -0.2) is 0 Å². The number of fused-ring (bicyclic) bond motifs is 1. The van der Waals surface area contributed by atoms with Gasteiger partial charge in [-0.15, -0.1) is 0 Å². The summed E-state index contributed by atoms with van der Waals surface area (Å²) in [7, 11) is 0. The number of phenols is 1. The Morgan fingerprint density at radius 2 is 1.32 bits per heavy atom. The summed E-state index contributed by atoms with van der Waals surface area (Å²) in [5.41, 5.74) is 3.41. The van der Waals surface area contributed by atoms with Crippen molar-refractivity contribution in [3.8, 4) is 5.75 Å². The van der Waals surface area contributed by atoms with E-state index < -0.39 is 0 Å². The van der Waals surface area contributed by atoms with Crippen molar-refractivity contribution in [2.45, 2.75) is 54.4 Å². The maximum Gasteiger partial charge on any atom is 0.115 e. The van der Waals surface area contributed by atoms with E-state index in [1.54, 1.807) is 0 Å². The van der Waals surface area contributed by atoms with E-state index in [0.717, 1.165) is 12.8 Å². The van der Waals surface area contributed by atoms with Crippen molar-refractivity contribution in [2.75, 3.05) is 0 Å². The molecular formula is C18H28O. The van der Waals surface area contributed by atoms with Crippen LogP contribution in [-0.4, -0.2) is 5.11 Å². The van der Waals surface area contributed by atoms with Crippen molar-refractivity contribution in [3.05, 3.63) is 29.3 Å². The zero-order chi connectivity index (χ0) is 14.4. The Labute approximate surface area is 118 Å². The average Bonchev–Trinajstić information content (AvgIpc) is 2.24. The Balaban J connectivity index is 2.43. The Bertz CT molecular complexity index is 460. The number of phenolic OH excluding ortho intramolecular Hbond substituents is 1. The zero-order valence-corrected chi connectivity index (χ0v) is 13.2. The maximum absolute atomic E-state index is 9.70. The van der Waals surface area contributed by atoms with E-state index in [4.69, 9.17) is 0 Å². The van der Waals surface area contributed by atoms with Crippen molar-refractivity contribution >= 4 is 0 Å². The molecule has 1 aliphatic carbocycles. The molecule has 2 rings (SSSR count). The lowest BCUT2D eigenvalue weighted by molar-refractivity contribution is 0.0625. The largest absolute Gasteiger partial charge is 0.508 e. The summed E-state index contributed by atoms with van der Waals surface area (Å²) in [6.45, 7) is 14.1. The summed E-state index contributed by atoms with van der Waals surface area (Å²) in [4.78, 5) is 0. The fraction of sp³-hybridized carbons (Fsp3) is 0.667. The van der Waals surface area contributed by atoms with Gasteiger partial charge >= 0.3 is 0 Å². The molecule has 0 saturated carbocycles. The van der Waals surface area contributed by atoms with Gasteiger partial charge in [-0.1, -0.05) is 47.6 Å². The van der Waals surface area contributed by atoms with E-state index in [0.29, 0.717) is 28.4 Å². The second-order valence-electron chi connectivity index (χ2n) is 8.31. The molecule has 0 amide bonds. The molecule has 0 radical (unpaired) electrons. The summed E-state index contributed by atoms with van der Waals surface area (Å²) < 4.78 is 0. The highest BCUT2D eigenvalue weighted by Crippen LogP contribution is 2.48. The molecule has 1 aliphatic rings. The fourth-order valence-corrected chi connectivity index (χ4v) is 3.58. The van der Waals surface area contributed by atoms with Crippen LogP contribution in [0.1, 0.15) is 52.7 Å². The lowest BCUT2D eigenvalue weighted by Gasteiger charge is -2.47. The van der Waals surface area contributed by atoms with Crippen LogP contribution in [0.5, 0.6) is 5.75 Å². The van der Waals surface area contributed by atoms with Gasteiger partial charge in [0.15, 0.2) is 0 Å². The molecule has 1 nitrogen and oxygen atoms in total. The topological polar surface area (TPSA) is 20.2 Å². The number of hydrogen-bond acceptors (Lipinski definition) is 1. The van der Waals surface area contributed by atoms with Crippen LogP contribution in [0.25, 0.3) is 0 Å². The molecule has 2 unspecified atom stereocenters. The summed E-state index contributed by atoms with van der Waals surface area (Å²) in [6, 6.07) is 5.91. The third-order valence-corrected chi connectivity index (χ3v) is 4.78. The zero-order valence-electron chi connectivity index (χ0n) is 13.2. The van der Waals surface area contributed by atoms with Crippen molar-refractivity contribution in [2.24, 2.45) is 22.7 Å². The van der Waals surface area contributed by atoms with Gasteiger partial charge in [0.05, 0.1) is 0 Å². The fourth-order valence-electron chi connectivity index (χ4n) is 3.58. The number of hydrogen-bond donors (Lipinski definition) is 1. The molecule has 0 aliphatic heterocycles. The van der Waals surface area contributed by atoms with Gasteiger partial charge in [0.25, 0.3) is 0 Å². The molecule has 0 aromatic heterocycles. The molecule has 106 valence electrons. The van der Waals surface area contributed by atoms with Crippen LogP contribution in [0, 0.1) is 22.7 Å². The minimum Gasteiger partial charge on any atom is -0.508 e. The summed E-state index contributed by atoms with van der Waals surface area (Å²) in [5, 5.41) is 9.70. The van der Waals surface area contributed by atoms with Crippen LogP contribution in [0.15, 0.2) is 18.2 Å². The first-order valence-corrected chi connectivity index (χ1v) is 7.40. The Hall–Kier alpha value is -0.980. The van der Waals surface area contributed by atoms with Gasteiger partial charge in [-0.3, -0.25) is 0 Å². The molecule has 19 heavy (non-hydrogen) atoms. The summed E-state index contributed by atoms with van der Waals surface area (Å²) in [6.07, 6.45) is 2.23. The Kier molecular flexibility index (Phi) is 3.45. The monoisotopic (exact) mass is 260 g/mol. The SMILES string of the molecule is CC(C)(C)C1Cc2ccc(O)cc2CC1C(C)(C)C. The van der Waals surface area contributed by atoms with E-state index in [2.05, 4.69) is 47.6 Å². The van der Waals surface area contributed by atoms with Crippen molar-refractivity contribution < 1.29 is 5.11 Å². The molecule has 0 heterocycles. The molecule has 1 N–H and O–H groups in total. The van der Waals surface area contributed by atoms with Gasteiger partial charge in [0.2, 0.25) is 0 Å². The van der Waals surface area contributed by atoms with Gasteiger partial charge in [0, 0.05) is 0 Å². The average molecular weight is 260 g/mol. The number of rotatable bonds is 0. The molecular weight excluding hydrogens is 232 g/mol. The molecule has 1 aromatic rings. The van der Waals surface area contributed by atoms with E-state index in [1.165, 1.54) is 11.1 Å². The van der Waals surface area contributed by atoms with Crippen molar-refractivity contribution in [1.29, 1.82) is 0 Å². The first-order valence-electron chi connectivity index (χ1n) is 7.40. The van der Waals surface area contributed by atoms with E-state index in [1.807, 2.05) is 12.1 Å². The molecule has 1 heteroatoms. The van der Waals surface area contributed by atoms with Crippen LogP contribution in [0.4, 0.5) is 0 Å². The Morgan fingerprint density at radius 3 is 1.79 bits per heavy atom. The standard InChI is InChI=1S/C18H28O/c1-17(2,3)15-10-12-7-8-14(19)9-13(12)11-16(15)18(4,5)6/h7-9,15-16,19H,10-11H2,1-6H3. The van der Waals surface area contributed by atoms with Crippen LogP contribution in [0.3, 0.4) is 0 Å². The van der Waals surface area contributed by atoms with E-state index in [9.17, 15) is 5.11 Å². The highest BCUT2D eigenvalue weighted by atomic mass is 16.3. The number of aromatic hydroxyl groups is 1. The van der Waals surface area contributed by atoms with Crippen LogP contribution in [0.2, 0.25) is 0 Å². The first-order chi connectivity index (χ1) is 8.59. The first kappa shape index (κ1) is 14.4. The van der Waals surface area contributed by atoms with Gasteiger partial charge in [0.1, 0.15) is 5.75 Å². The minimum absolute atomic E-state index is 0.307. The summed E-state index contributed by atoms with van der Waals surface area (Å²) in [5.74, 6) is 1.77. The smallest absolute Gasteiger partial charge is 0.115 e. The van der Waals surface area contributed by atoms with E-state index >= 15 is 0 Å². The van der Waals surface area contributed by atoms with Crippen molar-refractivity contribution in [3.63, 3.8) is 0 Å². The molecule has 0 saturated heterocycles. The predicted molar refractivity (Wildman–Crippen MR) is 81.4 cm³/mol. The normalized spacial score (nSPS) is 24.1. The lowest BCUT2D eigenvalue weighted by atomic mass is 9.58. The minimum atomic E-state index is 0.307.